The summed E-state index contributed by atoms with van der Waals surface area (Å²) in [6.45, 7) is 4.82. The second kappa shape index (κ2) is 9.19. The number of rotatable bonds is 8. The van der Waals surface area contributed by atoms with E-state index in [2.05, 4.69) is 5.92 Å². The van der Waals surface area contributed by atoms with Crippen molar-refractivity contribution in [2.75, 3.05) is 7.11 Å². The second-order valence-electron chi connectivity index (χ2n) is 8.50. The molecule has 0 amide bonds. The SMILES string of the molecule is C#CCC[C@H](OC(=O)[C@@](OC)(c1ccccc1)C(F)(F)F)[C@@]1(C)CC[C@H](C(C)(C)O)O1. The molecule has 172 valence electrons. The van der Waals surface area contributed by atoms with E-state index in [0.29, 0.717) is 12.8 Å². The number of aliphatic hydroxyl groups is 1. The molecule has 1 aliphatic heterocycles. The van der Waals surface area contributed by atoms with Gasteiger partial charge in [-0.15, -0.1) is 12.3 Å². The van der Waals surface area contributed by atoms with Crippen LogP contribution < -0.4 is 0 Å². The van der Waals surface area contributed by atoms with Crippen molar-refractivity contribution in [1.29, 1.82) is 0 Å². The number of benzene rings is 1. The van der Waals surface area contributed by atoms with Gasteiger partial charge < -0.3 is 19.3 Å². The Balaban J connectivity index is 2.41. The van der Waals surface area contributed by atoms with Crippen LogP contribution in [0.2, 0.25) is 0 Å². The van der Waals surface area contributed by atoms with Gasteiger partial charge in [0.15, 0.2) is 0 Å². The lowest BCUT2D eigenvalue weighted by atomic mass is 9.89. The lowest BCUT2D eigenvalue weighted by molar-refractivity contribution is -0.282. The first-order valence-corrected chi connectivity index (χ1v) is 10.0. The summed E-state index contributed by atoms with van der Waals surface area (Å²) < 4.78 is 58.8. The Hall–Kier alpha value is -2.08. The van der Waals surface area contributed by atoms with Crippen LogP contribution in [0.4, 0.5) is 13.2 Å². The van der Waals surface area contributed by atoms with Gasteiger partial charge >= 0.3 is 12.1 Å². The summed E-state index contributed by atoms with van der Waals surface area (Å²) in [4.78, 5) is 13.1. The molecule has 2 rings (SSSR count). The van der Waals surface area contributed by atoms with E-state index in [1.165, 1.54) is 18.2 Å². The molecule has 0 radical (unpaired) electrons. The predicted octanol–water partition coefficient (Wildman–Crippen LogP) is 4.12. The summed E-state index contributed by atoms with van der Waals surface area (Å²) in [6, 6.07) is 6.62. The third-order valence-electron chi connectivity index (χ3n) is 5.76. The third kappa shape index (κ3) is 5.05. The monoisotopic (exact) mass is 442 g/mol. The summed E-state index contributed by atoms with van der Waals surface area (Å²) in [5.41, 5.74) is -5.96. The van der Waals surface area contributed by atoms with Gasteiger partial charge in [0.2, 0.25) is 0 Å². The Morgan fingerprint density at radius 2 is 1.97 bits per heavy atom. The van der Waals surface area contributed by atoms with Crippen molar-refractivity contribution in [3.05, 3.63) is 35.9 Å². The van der Waals surface area contributed by atoms with Crippen molar-refractivity contribution in [3.8, 4) is 12.3 Å². The summed E-state index contributed by atoms with van der Waals surface area (Å²) in [6.07, 6.45) is -0.263. The van der Waals surface area contributed by atoms with E-state index in [9.17, 15) is 23.1 Å². The van der Waals surface area contributed by atoms with Crippen molar-refractivity contribution >= 4 is 5.97 Å². The quantitative estimate of drug-likeness (QED) is 0.485. The average molecular weight is 442 g/mol. The number of methoxy groups -OCH3 is 1. The smallest absolute Gasteiger partial charge is 0.432 e. The molecule has 1 N–H and O–H groups in total. The minimum absolute atomic E-state index is 0.101. The second-order valence-corrected chi connectivity index (χ2v) is 8.50. The zero-order valence-corrected chi connectivity index (χ0v) is 18.2. The van der Waals surface area contributed by atoms with E-state index in [1.54, 1.807) is 20.8 Å². The van der Waals surface area contributed by atoms with E-state index in [4.69, 9.17) is 20.6 Å². The fourth-order valence-corrected chi connectivity index (χ4v) is 3.90. The van der Waals surface area contributed by atoms with E-state index in [0.717, 1.165) is 19.2 Å². The first kappa shape index (κ1) is 25.2. The number of esters is 1. The minimum atomic E-state index is -5.08. The molecular weight excluding hydrogens is 413 g/mol. The Morgan fingerprint density at radius 3 is 2.42 bits per heavy atom. The lowest BCUT2D eigenvalue weighted by Crippen LogP contribution is -2.54. The molecule has 1 aliphatic rings. The predicted molar refractivity (Wildman–Crippen MR) is 108 cm³/mol. The molecule has 0 aromatic heterocycles. The highest BCUT2D eigenvalue weighted by atomic mass is 19.4. The zero-order chi connectivity index (χ0) is 23.5. The van der Waals surface area contributed by atoms with E-state index < -0.39 is 46.7 Å². The maximum absolute atomic E-state index is 14.2. The van der Waals surface area contributed by atoms with Crippen LogP contribution in [0.1, 0.15) is 52.0 Å². The number of carbonyl (C=O) groups is 1. The standard InChI is InChI=1S/C23H29F3O5/c1-6-7-13-18(21(4)15-14-17(31-21)20(2,3)28)30-19(27)22(29-5,23(24,25)26)16-11-9-8-10-12-16/h1,8-12,17-18,28H,7,13-15H2,2-5H3/t17-,18+,21-,22+/m1/s1. The third-order valence-corrected chi connectivity index (χ3v) is 5.76. The molecule has 1 aromatic carbocycles. The van der Waals surface area contributed by atoms with Gasteiger partial charge in [0, 0.05) is 19.1 Å². The number of alkyl halides is 3. The topological polar surface area (TPSA) is 65.0 Å². The molecule has 0 saturated carbocycles. The molecule has 1 saturated heterocycles. The maximum atomic E-state index is 14.2. The molecule has 1 fully saturated rings. The molecule has 0 unspecified atom stereocenters. The molecular formula is C23H29F3O5. The van der Waals surface area contributed by atoms with Crippen LogP contribution in [-0.4, -0.2) is 47.8 Å². The van der Waals surface area contributed by atoms with Crippen molar-refractivity contribution in [2.45, 2.75) is 81.6 Å². The van der Waals surface area contributed by atoms with Crippen LogP contribution in [0.5, 0.6) is 0 Å². The van der Waals surface area contributed by atoms with Gasteiger partial charge in [0.05, 0.1) is 11.7 Å². The molecule has 4 atom stereocenters. The highest BCUT2D eigenvalue weighted by Crippen LogP contribution is 2.45. The minimum Gasteiger partial charge on any atom is -0.457 e. The lowest BCUT2D eigenvalue weighted by Gasteiger charge is -2.38. The Labute approximate surface area is 180 Å². The van der Waals surface area contributed by atoms with Crippen LogP contribution in [-0.2, 0) is 24.6 Å². The summed E-state index contributed by atoms with van der Waals surface area (Å²) >= 11 is 0. The number of hydrogen-bond donors (Lipinski definition) is 1. The van der Waals surface area contributed by atoms with Crippen LogP contribution >= 0.6 is 0 Å². The van der Waals surface area contributed by atoms with Gasteiger partial charge in [-0.1, -0.05) is 30.3 Å². The van der Waals surface area contributed by atoms with Gasteiger partial charge in [-0.3, -0.25) is 0 Å². The first-order valence-electron chi connectivity index (χ1n) is 10.0. The van der Waals surface area contributed by atoms with Crippen molar-refractivity contribution < 1.29 is 37.3 Å². The van der Waals surface area contributed by atoms with Crippen molar-refractivity contribution in [3.63, 3.8) is 0 Å². The highest BCUT2D eigenvalue weighted by molar-refractivity contribution is 5.83. The largest absolute Gasteiger partial charge is 0.457 e. The molecule has 0 aliphatic carbocycles. The van der Waals surface area contributed by atoms with E-state index >= 15 is 0 Å². The molecule has 0 bridgehead atoms. The molecule has 1 aromatic rings. The fraction of sp³-hybridized carbons (Fsp3) is 0.609. The number of carbonyl (C=O) groups excluding carboxylic acids is 1. The maximum Gasteiger partial charge on any atom is 0.432 e. The van der Waals surface area contributed by atoms with Crippen molar-refractivity contribution in [1.82, 2.24) is 0 Å². The van der Waals surface area contributed by atoms with Crippen LogP contribution in [0, 0.1) is 12.3 Å². The van der Waals surface area contributed by atoms with E-state index in [-0.39, 0.29) is 12.8 Å². The fourth-order valence-electron chi connectivity index (χ4n) is 3.90. The molecule has 1 heterocycles. The van der Waals surface area contributed by atoms with Gasteiger partial charge in [0.1, 0.15) is 11.7 Å². The summed E-state index contributed by atoms with van der Waals surface area (Å²) in [5, 5.41) is 10.3. The summed E-state index contributed by atoms with van der Waals surface area (Å²) in [7, 11) is 0.816. The van der Waals surface area contributed by atoms with Crippen molar-refractivity contribution in [2.24, 2.45) is 0 Å². The Morgan fingerprint density at radius 1 is 1.35 bits per heavy atom. The molecule has 0 spiro atoms. The van der Waals surface area contributed by atoms with Gasteiger partial charge in [-0.05, 0) is 40.0 Å². The first-order chi connectivity index (χ1) is 14.3. The molecule has 8 heteroatoms. The number of hydrogen-bond acceptors (Lipinski definition) is 5. The average Bonchev–Trinajstić information content (AvgIpc) is 3.09. The van der Waals surface area contributed by atoms with Gasteiger partial charge in [-0.25, -0.2) is 4.79 Å². The zero-order valence-electron chi connectivity index (χ0n) is 18.2. The number of terminal acetylenes is 1. The summed E-state index contributed by atoms with van der Waals surface area (Å²) in [5.74, 6) is 0.828. The Kier molecular flexibility index (Phi) is 7.47. The van der Waals surface area contributed by atoms with E-state index in [1.807, 2.05) is 0 Å². The van der Waals surface area contributed by atoms with Crippen LogP contribution in [0.25, 0.3) is 0 Å². The Bertz CT molecular complexity index is 796. The normalized spacial score (nSPS) is 24.8. The molecule has 5 nitrogen and oxygen atoms in total. The van der Waals surface area contributed by atoms with Crippen LogP contribution in [0.15, 0.2) is 30.3 Å². The molecule has 31 heavy (non-hydrogen) atoms. The number of halogens is 3. The van der Waals surface area contributed by atoms with Gasteiger partial charge in [-0.2, -0.15) is 13.2 Å². The van der Waals surface area contributed by atoms with Crippen LogP contribution in [0.3, 0.4) is 0 Å². The number of ether oxygens (including phenoxy) is 3. The van der Waals surface area contributed by atoms with Gasteiger partial charge in [0.25, 0.3) is 5.60 Å². The highest BCUT2D eigenvalue weighted by Gasteiger charge is 2.65.